The van der Waals surface area contributed by atoms with Crippen molar-refractivity contribution in [3.63, 3.8) is 0 Å². The van der Waals surface area contributed by atoms with Gasteiger partial charge in [0, 0.05) is 19.4 Å². The van der Waals surface area contributed by atoms with Gasteiger partial charge in [0.2, 0.25) is 5.91 Å². The van der Waals surface area contributed by atoms with E-state index in [1.165, 1.54) is 116 Å². The van der Waals surface area contributed by atoms with E-state index in [0.29, 0.717) is 19.3 Å². The topological polar surface area (TPSA) is 185 Å². The van der Waals surface area contributed by atoms with Crippen LogP contribution in [0.5, 0.6) is 0 Å². The van der Waals surface area contributed by atoms with Crippen LogP contribution in [-0.2, 0) is 14.4 Å². The SMILES string of the molecule is CCCCCCCCCCCCCCCC(=O)C(CO)N(C(=O)[C@@H](N)CCCN=C(N)N)C(CO)C(=O)CCCCCCCCCCCCCCC. The van der Waals surface area contributed by atoms with Gasteiger partial charge >= 0.3 is 0 Å². The van der Waals surface area contributed by atoms with E-state index in [4.69, 9.17) is 17.2 Å². The predicted molar refractivity (Wildman–Crippen MR) is 217 cm³/mol. The molecule has 0 aliphatic rings. The van der Waals surface area contributed by atoms with Crippen LogP contribution >= 0.6 is 0 Å². The van der Waals surface area contributed by atoms with Gasteiger partial charge in [-0.3, -0.25) is 19.4 Å². The maximum atomic E-state index is 13.7. The van der Waals surface area contributed by atoms with Crippen molar-refractivity contribution in [2.24, 2.45) is 22.2 Å². The van der Waals surface area contributed by atoms with Crippen LogP contribution < -0.4 is 17.2 Å². The minimum absolute atomic E-state index is 0.0558. The zero-order valence-electron chi connectivity index (χ0n) is 33.8. The van der Waals surface area contributed by atoms with Crippen LogP contribution in [-0.4, -0.2) is 76.4 Å². The molecule has 8 N–H and O–H groups in total. The van der Waals surface area contributed by atoms with Gasteiger partial charge in [0.25, 0.3) is 0 Å². The number of ketones is 2. The van der Waals surface area contributed by atoms with Gasteiger partial charge in [-0.1, -0.05) is 168 Å². The normalized spacial score (nSPS) is 13.1. The maximum Gasteiger partial charge on any atom is 0.240 e. The largest absolute Gasteiger partial charge is 0.394 e. The average molecular weight is 738 g/mol. The number of carbonyl (C=O) groups excluding carboxylic acids is 3. The second-order valence-electron chi connectivity index (χ2n) is 15.1. The zero-order chi connectivity index (χ0) is 38.7. The number of amides is 1. The molecular weight excluding hydrogens is 654 g/mol. The summed E-state index contributed by atoms with van der Waals surface area (Å²) in [7, 11) is 0. The summed E-state index contributed by atoms with van der Waals surface area (Å²) in [6.45, 7) is 3.50. The van der Waals surface area contributed by atoms with E-state index in [1.807, 2.05) is 0 Å². The fourth-order valence-electron chi connectivity index (χ4n) is 7.02. The monoisotopic (exact) mass is 738 g/mol. The Hall–Kier alpha value is -2.04. The lowest BCUT2D eigenvalue weighted by Crippen LogP contribution is -2.60. The summed E-state index contributed by atoms with van der Waals surface area (Å²) in [6, 6.07) is -3.51. The van der Waals surface area contributed by atoms with E-state index in [0.717, 1.165) is 43.4 Å². The first-order valence-electron chi connectivity index (χ1n) is 21.6. The van der Waals surface area contributed by atoms with Crippen LogP contribution in [0.15, 0.2) is 4.99 Å². The Balaban J connectivity index is 4.98. The highest BCUT2D eigenvalue weighted by Gasteiger charge is 2.39. The van der Waals surface area contributed by atoms with Crippen molar-refractivity contribution in [1.82, 2.24) is 4.90 Å². The van der Waals surface area contributed by atoms with Crippen LogP contribution in [0, 0.1) is 0 Å². The molecule has 0 rings (SSSR count). The number of nitrogens with two attached hydrogens (primary N) is 3. The van der Waals surface area contributed by atoms with E-state index in [-0.39, 0.29) is 43.3 Å². The molecule has 2 unspecified atom stereocenters. The molecule has 0 aromatic carbocycles. The molecule has 0 saturated heterocycles. The molecule has 10 nitrogen and oxygen atoms in total. The van der Waals surface area contributed by atoms with Crippen molar-refractivity contribution < 1.29 is 24.6 Å². The minimum Gasteiger partial charge on any atom is -0.394 e. The quantitative estimate of drug-likeness (QED) is 0.0238. The van der Waals surface area contributed by atoms with E-state index < -0.39 is 37.2 Å². The standard InChI is InChI=1S/C42H83N5O5/c1-3-5-7-9-11-13-15-17-19-21-23-25-27-31-39(50)37(34-48)47(41(52)36(43)30-29-33-46-42(44)45)38(35-49)40(51)32-28-26-24-22-20-18-16-14-12-10-8-6-4-2/h36-38,48-49H,3-35,43H2,1-2H3,(H4,44,45,46)/t36-,37?,38?/m0/s1. The first-order chi connectivity index (χ1) is 25.2. The molecule has 0 bridgehead atoms. The lowest BCUT2D eigenvalue weighted by molar-refractivity contribution is -0.150. The van der Waals surface area contributed by atoms with Gasteiger partial charge in [-0.2, -0.15) is 0 Å². The second kappa shape index (κ2) is 36.0. The summed E-state index contributed by atoms with van der Waals surface area (Å²) in [6.07, 6.45) is 31.8. The number of aliphatic hydroxyl groups is 2. The van der Waals surface area contributed by atoms with E-state index in [1.54, 1.807) is 0 Å². The fraction of sp³-hybridized carbons (Fsp3) is 0.905. The Labute approximate surface area is 318 Å². The third kappa shape index (κ3) is 26.7. The molecule has 0 aliphatic heterocycles. The molecular formula is C42H83N5O5. The minimum atomic E-state index is -1.23. The molecule has 0 radical (unpaired) electrons. The van der Waals surface area contributed by atoms with Crippen LogP contribution in [0.3, 0.4) is 0 Å². The summed E-state index contributed by atoms with van der Waals surface area (Å²) in [5.41, 5.74) is 17.1. The summed E-state index contributed by atoms with van der Waals surface area (Å²) < 4.78 is 0. The number of nitrogens with zero attached hydrogens (tertiary/aromatic N) is 2. The second-order valence-corrected chi connectivity index (χ2v) is 15.1. The molecule has 1 amide bonds. The highest BCUT2D eigenvalue weighted by Crippen LogP contribution is 2.19. The Kier molecular flexibility index (Phi) is 34.6. The third-order valence-corrected chi connectivity index (χ3v) is 10.4. The molecule has 0 aliphatic carbocycles. The fourth-order valence-corrected chi connectivity index (χ4v) is 7.02. The van der Waals surface area contributed by atoms with Gasteiger partial charge in [0.1, 0.15) is 12.1 Å². The Morgan fingerprint density at radius 2 is 0.827 bits per heavy atom. The van der Waals surface area contributed by atoms with Crippen molar-refractivity contribution in [2.45, 2.75) is 225 Å². The number of guanidine groups is 1. The summed E-state index contributed by atoms with van der Waals surface area (Å²) in [4.78, 5) is 45.7. The number of aliphatic hydroxyl groups excluding tert-OH is 2. The van der Waals surface area contributed by atoms with Gasteiger partial charge in [-0.25, -0.2) is 0 Å². The third-order valence-electron chi connectivity index (χ3n) is 10.4. The zero-order valence-corrected chi connectivity index (χ0v) is 33.8. The first kappa shape index (κ1) is 50.0. The number of carbonyl (C=O) groups is 3. The number of aliphatic imine (C=N–C) groups is 1. The molecule has 0 heterocycles. The van der Waals surface area contributed by atoms with Crippen molar-refractivity contribution in [3.8, 4) is 0 Å². The lowest BCUT2D eigenvalue weighted by Gasteiger charge is -2.37. The van der Waals surface area contributed by atoms with Crippen molar-refractivity contribution in [1.29, 1.82) is 0 Å². The Bertz CT molecular complexity index is 848. The average Bonchev–Trinajstić information content (AvgIpc) is 3.13. The van der Waals surface area contributed by atoms with Crippen LogP contribution in [0.25, 0.3) is 0 Å². The van der Waals surface area contributed by atoms with Crippen molar-refractivity contribution >= 4 is 23.4 Å². The van der Waals surface area contributed by atoms with Crippen molar-refractivity contribution in [2.75, 3.05) is 19.8 Å². The molecule has 0 saturated carbocycles. The molecule has 52 heavy (non-hydrogen) atoms. The predicted octanol–water partition coefficient (Wildman–Crippen LogP) is 8.02. The summed E-state index contributed by atoms with van der Waals surface area (Å²) in [5.74, 6) is -1.29. The molecule has 306 valence electrons. The highest BCUT2D eigenvalue weighted by atomic mass is 16.3. The molecule has 0 spiro atoms. The smallest absolute Gasteiger partial charge is 0.240 e. The molecule has 0 aromatic rings. The number of hydrogen-bond donors (Lipinski definition) is 5. The molecule has 0 aromatic heterocycles. The van der Waals surface area contributed by atoms with Crippen LogP contribution in [0.4, 0.5) is 0 Å². The Morgan fingerprint density at radius 1 is 0.519 bits per heavy atom. The van der Waals surface area contributed by atoms with Gasteiger partial charge in [0.05, 0.1) is 19.3 Å². The number of unbranched alkanes of at least 4 members (excludes halogenated alkanes) is 24. The van der Waals surface area contributed by atoms with E-state index >= 15 is 0 Å². The molecule has 0 fully saturated rings. The van der Waals surface area contributed by atoms with Gasteiger partial charge in [-0.05, 0) is 25.7 Å². The molecule has 10 heteroatoms. The summed E-state index contributed by atoms with van der Waals surface area (Å²) in [5, 5.41) is 20.8. The lowest BCUT2D eigenvalue weighted by atomic mass is 9.97. The summed E-state index contributed by atoms with van der Waals surface area (Å²) >= 11 is 0. The van der Waals surface area contributed by atoms with E-state index in [2.05, 4.69) is 18.8 Å². The van der Waals surface area contributed by atoms with Gasteiger partial charge in [0.15, 0.2) is 17.5 Å². The van der Waals surface area contributed by atoms with E-state index in [9.17, 15) is 24.6 Å². The number of hydrogen-bond acceptors (Lipinski definition) is 7. The number of Topliss-reactive ketones (excluding diaryl/α,β-unsaturated/α-hetero) is 2. The highest BCUT2D eigenvalue weighted by molar-refractivity contribution is 5.95. The maximum absolute atomic E-state index is 13.7. The van der Waals surface area contributed by atoms with Gasteiger partial charge < -0.3 is 32.3 Å². The molecule has 3 atom stereocenters. The Morgan fingerprint density at radius 3 is 1.12 bits per heavy atom. The number of rotatable bonds is 39. The van der Waals surface area contributed by atoms with Crippen LogP contribution in [0.1, 0.15) is 206 Å². The van der Waals surface area contributed by atoms with Crippen molar-refractivity contribution in [3.05, 3.63) is 0 Å². The van der Waals surface area contributed by atoms with Crippen LogP contribution in [0.2, 0.25) is 0 Å². The van der Waals surface area contributed by atoms with Gasteiger partial charge in [-0.15, -0.1) is 0 Å². The first-order valence-corrected chi connectivity index (χ1v) is 21.6.